The summed E-state index contributed by atoms with van der Waals surface area (Å²) in [6.07, 6.45) is 4.92. The highest BCUT2D eigenvalue weighted by Crippen LogP contribution is 2.55. The number of piperazine rings is 1. The van der Waals surface area contributed by atoms with Crippen molar-refractivity contribution < 1.29 is 51.1 Å². The minimum absolute atomic E-state index is 0.223. The quantitative estimate of drug-likeness (QED) is 0.0329. The average molecular weight is 1070 g/mol. The van der Waals surface area contributed by atoms with Gasteiger partial charge in [0.05, 0.1) is 65.0 Å². The van der Waals surface area contributed by atoms with Gasteiger partial charge in [0.2, 0.25) is 5.91 Å². The van der Waals surface area contributed by atoms with Crippen LogP contribution in [0.15, 0.2) is 104 Å². The van der Waals surface area contributed by atoms with Crippen LogP contribution in [-0.4, -0.2) is 143 Å². The first-order valence-electron chi connectivity index (χ1n) is 27.5. The molecule has 0 saturated carbocycles. The summed E-state index contributed by atoms with van der Waals surface area (Å²) >= 11 is 0. The molecule has 13 nitrogen and oxygen atoms in total. The maximum atomic E-state index is 13.4. The Labute approximate surface area is 455 Å². The van der Waals surface area contributed by atoms with Gasteiger partial charge in [-0.15, -0.1) is 0 Å². The second-order valence-corrected chi connectivity index (χ2v) is 19.3. The molecule has 6 rings (SSSR count). The zero-order valence-electron chi connectivity index (χ0n) is 45.6. The SMILES string of the molecule is C=C(Nc1ccc(N(CC)CC)cc1C1=CC1(C=N)CCc1cccc(C(F)(F)F)c1)c1cccc(CCCOCCOCCOCCCCCC(=O)N2CCN(c3ccc(OCCOCCOCCOC)cc3)CC2)c1. The number of aryl methyl sites for hydroxylation is 2. The maximum Gasteiger partial charge on any atom is 0.416 e. The maximum absolute atomic E-state index is 13.4. The molecule has 1 atom stereocenters. The topological polar surface area (TPSA) is 127 Å². The second-order valence-electron chi connectivity index (χ2n) is 19.3. The highest BCUT2D eigenvalue weighted by atomic mass is 19.4. The van der Waals surface area contributed by atoms with Gasteiger partial charge in [0.1, 0.15) is 12.4 Å². The first-order valence-corrected chi connectivity index (χ1v) is 27.5. The first kappa shape index (κ1) is 60.5. The monoisotopic (exact) mass is 1070 g/mol. The number of halogens is 3. The minimum Gasteiger partial charge on any atom is -0.491 e. The van der Waals surface area contributed by atoms with Gasteiger partial charge in [0, 0.05) is 106 Å². The number of unbranched alkanes of at least 4 members (excludes halogenated alkanes) is 2. The third-order valence-corrected chi connectivity index (χ3v) is 14.0. The summed E-state index contributed by atoms with van der Waals surface area (Å²) < 4.78 is 79.4. The molecule has 1 aliphatic carbocycles. The normalized spacial score (nSPS) is 15.3. The van der Waals surface area contributed by atoms with E-state index in [0.717, 1.165) is 123 Å². The molecule has 2 N–H and O–H groups in total. The molecule has 1 amide bonds. The molecule has 77 heavy (non-hydrogen) atoms. The fraction of sp³-hybridized carbons (Fsp3) is 0.508. The number of hydrogen-bond donors (Lipinski definition) is 2. The summed E-state index contributed by atoms with van der Waals surface area (Å²) in [6.45, 7) is 19.8. The molecule has 0 bridgehead atoms. The van der Waals surface area contributed by atoms with E-state index in [0.29, 0.717) is 104 Å². The van der Waals surface area contributed by atoms with E-state index in [2.05, 4.69) is 84.1 Å². The number of carbonyl (C=O) groups is 1. The Morgan fingerprint density at radius 3 is 1.99 bits per heavy atom. The van der Waals surface area contributed by atoms with E-state index >= 15 is 0 Å². The molecule has 1 unspecified atom stereocenters. The van der Waals surface area contributed by atoms with Crippen LogP contribution in [0.3, 0.4) is 0 Å². The largest absolute Gasteiger partial charge is 0.491 e. The van der Waals surface area contributed by atoms with Gasteiger partial charge in [-0.05, 0) is 129 Å². The summed E-state index contributed by atoms with van der Waals surface area (Å²) in [5.41, 5.74) is 7.14. The van der Waals surface area contributed by atoms with Crippen molar-refractivity contribution >= 4 is 40.5 Å². The van der Waals surface area contributed by atoms with Gasteiger partial charge < -0.3 is 58.6 Å². The van der Waals surface area contributed by atoms with E-state index in [1.54, 1.807) is 13.2 Å². The van der Waals surface area contributed by atoms with Crippen molar-refractivity contribution in [1.29, 1.82) is 5.41 Å². The van der Waals surface area contributed by atoms with Crippen LogP contribution in [0, 0.1) is 10.8 Å². The van der Waals surface area contributed by atoms with E-state index in [4.69, 9.17) is 38.6 Å². The number of amides is 1. The lowest BCUT2D eigenvalue weighted by Gasteiger charge is -2.36. The van der Waals surface area contributed by atoms with Crippen LogP contribution in [0.2, 0.25) is 0 Å². The molecule has 420 valence electrons. The van der Waals surface area contributed by atoms with Crippen molar-refractivity contribution in [2.45, 2.75) is 71.4 Å². The Hall–Kier alpha value is -5.75. The zero-order chi connectivity index (χ0) is 54.7. The average Bonchev–Trinajstić information content (AvgIpc) is 4.22. The molecule has 4 aromatic rings. The van der Waals surface area contributed by atoms with Crippen LogP contribution in [0.1, 0.15) is 80.2 Å². The van der Waals surface area contributed by atoms with Crippen LogP contribution in [-0.2, 0) is 52.2 Å². The van der Waals surface area contributed by atoms with E-state index in [1.807, 2.05) is 29.2 Å². The number of anilines is 3. The number of alkyl halides is 3. The van der Waals surface area contributed by atoms with Crippen LogP contribution >= 0.6 is 0 Å². The lowest BCUT2D eigenvalue weighted by molar-refractivity contribution is -0.137. The molecule has 4 aromatic carbocycles. The molecule has 0 spiro atoms. The van der Waals surface area contributed by atoms with Crippen molar-refractivity contribution in [3.63, 3.8) is 0 Å². The van der Waals surface area contributed by atoms with Crippen LogP contribution in [0.5, 0.6) is 5.75 Å². The molecular weight excluding hydrogens is 988 g/mol. The van der Waals surface area contributed by atoms with Crippen LogP contribution in [0.4, 0.5) is 30.2 Å². The van der Waals surface area contributed by atoms with Crippen molar-refractivity contribution in [3.8, 4) is 5.75 Å². The Morgan fingerprint density at radius 1 is 0.714 bits per heavy atom. The van der Waals surface area contributed by atoms with Gasteiger partial charge in [0.25, 0.3) is 0 Å². The van der Waals surface area contributed by atoms with Crippen molar-refractivity contribution in [2.75, 3.05) is 141 Å². The van der Waals surface area contributed by atoms with Gasteiger partial charge in [-0.25, -0.2) is 0 Å². The highest BCUT2D eigenvalue weighted by Gasteiger charge is 2.44. The molecule has 16 heteroatoms. The van der Waals surface area contributed by atoms with E-state index in [-0.39, 0.29) is 5.91 Å². The number of nitrogens with zero attached hydrogens (tertiary/aromatic N) is 3. The van der Waals surface area contributed by atoms with E-state index in [1.165, 1.54) is 23.9 Å². The Kier molecular flexibility index (Phi) is 25.3. The summed E-state index contributed by atoms with van der Waals surface area (Å²) in [6, 6.07) is 28.1. The number of carbonyl (C=O) groups excluding carboxylic acids is 1. The summed E-state index contributed by atoms with van der Waals surface area (Å²) in [7, 11) is 1.65. The fourth-order valence-corrected chi connectivity index (χ4v) is 9.39. The Balaban J connectivity index is 0.790. The number of allylic oxidation sites excluding steroid dienone is 2. The molecule has 0 radical (unpaired) electrons. The van der Waals surface area contributed by atoms with Crippen LogP contribution in [0.25, 0.3) is 11.3 Å². The van der Waals surface area contributed by atoms with E-state index < -0.39 is 17.2 Å². The summed E-state index contributed by atoms with van der Waals surface area (Å²) in [5, 5.41) is 12.0. The number of hydrogen-bond acceptors (Lipinski definition) is 12. The number of nitrogens with one attached hydrogen (secondary N) is 2. The molecule has 1 saturated heterocycles. The van der Waals surface area contributed by atoms with Crippen molar-refractivity contribution in [2.24, 2.45) is 5.41 Å². The number of rotatable bonds is 38. The lowest BCUT2D eigenvalue weighted by atomic mass is 9.89. The minimum atomic E-state index is -4.41. The highest BCUT2D eigenvalue weighted by molar-refractivity contribution is 6.04. The van der Waals surface area contributed by atoms with Crippen molar-refractivity contribution in [3.05, 3.63) is 131 Å². The molecule has 0 aromatic heterocycles. The van der Waals surface area contributed by atoms with Gasteiger partial charge in [-0.1, -0.05) is 55.5 Å². The van der Waals surface area contributed by atoms with Gasteiger partial charge in [-0.2, -0.15) is 13.2 Å². The summed E-state index contributed by atoms with van der Waals surface area (Å²) in [5.74, 6) is 1.03. The fourth-order valence-electron chi connectivity index (χ4n) is 9.39. The van der Waals surface area contributed by atoms with Gasteiger partial charge in [-0.3, -0.25) is 4.79 Å². The first-order chi connectivity index (χ1) is 37.5. The van der Waals surface area contributed by atoms with Gasteiger partial charge in [0.15, 0.2) is 0 Å². The summed E-state index contributed by atoms with van der Waals surface area (Å²) in [4.78, 5) is 19.5. The lowest BCUT2D eigenvalue weighted by Crippen LogP contribution is -2.48. The molecule has 1 heterocycles. The smallest absolute Gasteiger partial charge is 0.416 e. The standard InChI is InChI=1S/C61H82F3N5O8/c1-5-67(6-2)54-21-24-58(56(45-54)57-46-60(57,47-65)26-25-50-14-11-17-52(44-50)61(62,63)64)66-48(3)51-16-10-13-49(43-51)15-12-32-73-36-38-75-37-35-72-31-9-7-8-18-59(70)69-29-27-68(28-30-69)53-19-22-55(23-20-53)77-42-41-76-40-39-74-34-33-71-4/h10-11,13-14,16-17,19-24,43-47,65-66H,3,5-9,12,15,18,25-42H2,1-2,4H3. The third-order valence-electron chi connectivity index (χ3n) is 14.0. The predicted molar refractivity (Wildman–Crippen MR) is 302 cm³/mol. The predicted octanol–water partition coefficient (Wildman–Crippen LogP) is 11.3. The van der Waals surface area contributed by atoms with Crippen molar-refractivity contribution in [1.82, 2.24) is 4.90 Å². The Bertz CT molecular complexity index is 2440. The molecule has 1 aliphatic heterocycles. The third kappa shape index (κ3) is 19.9. The molecular formula is C61H82F3N5O8. The number of methoxy groups -OCH3 is 1. The number of ether oxygens (including phenoxy) is 7. The van der Waals surface area contributed by atoms with Gasteiger partial charge >= 0.3 is 6.18 Å². The zero-order valence-corrected chi connectivity index (χ0v) is 45.6. The molecule has 1 fully saturated rings. The van der Waals surface area contributed by atoms with E-state index in [9.17, 15) is 18.0 Å². The molecule has 2 aliphatic rings. The number of benzene rings is 4. The van der Waals surface area contributed by atoms with Crippen LogP contribution < -0.4 is 19.9 Å². The Morgan fingerprint density at radius 2 is 1.34 bits per heavy atom. The second kappa shape index (κ2) is 32.2.